The van der Waals surface area contributed by atoms with Gasteiger partial charge in [-0.15, -0.1) is 0 Å². The van der Waals surface area contributed by atoms with Crippen LogP contribution in [0, 0.1) is 22.9 Å². The monoisotopic (exact) mass is 304 g/mol. The van der Waals surface area contributed by atoms with E-state index in [2.05, 4.69) is 0 Å². The number of benzene rings is 1. The Kier molecular flexibility index (Phi) is 3.76. The van der Waals surface area contributed by atoms with E-state index < -0.39 is 32.6 Å². The molecule has 7 nitrogen and oxygen atoms in total. The maximum absolute atomic E-state index is 13.4. The zero-order valence-corrected chi connectivity index (χ0v) is 11.4. The van der Waals surface area contributed by atoms with Gasteiger partial charge in [0, 0.05) is 19.2 Å². The molecule has 1 atom stereocenters. The Labute approximate surface area is 114 Å². The second kappa shape index (κ2) is 5.08. The molecule has 1 fully saturated rings. The Morgan fingerprint density at radius 3 is 2.65 bits per heavy atom. The molecule has 2 rings (SSSR count). The molecule has 0 aromatic heterocycles. The number of hydrogen-bond acceptors (Lipinski definition) is 5. The minimum absolute atomic E-state index is 0.0626. The van der Waals surface area contributed by atoms with Gasteiger partial charge in [-0.25, -0.2) is 8.42 Å². The number of aliphatic hydroxyl groups excluding tert-OH is 1. The largest absolute Gasteiger partial charge is 0.392 e. The predicted octanol–water partition coefficient (Wildman–Crippen LogP) is 0.798. The Bertz CT molecular complexity index is 661. The standard InChI is InChI=1S/C11H13FN2O5S/c1-7-4-9(12)10(14(16)17)5-11(7)20(18,19)13-3-2-8(15)6-13/h4-5,8,15H,2-3,6H2,1H3. The summed E-state index contributed by atoms with van der Waals surface area (Å²) in [6.45, 7) is 1.44. The SMILES string of the molecule is Cc1cc(F)c([N+](=O)[O-])cc1S(=O)(=O)N1CCC(O)C1. The van der Waals surface area contributed by atoms with Gasteiger partial charge < -0.3 is 5.11 Å². The molecule has 1 aromatic rings. The van der Waals surface area contributed by atoms with Gasteiger partial charge in [0.2, 0.25) is 15.8 Å². The van der Waals surface area contributed by atoms with Crippen LogP contribution in [-0.4, -0.2) is 41.9 Å². The molecular formula is C11H13FN2O5S. The third-order valence-corrected chi connectivity index (χ3v) is 5.19. The van der Waals surface area contributed by atoms with Gasteiger partial charge in [0.1, 0.15) is 0 Å². The summed E-state index contributed by atoms with van der Waals surface area (Å²) in [6.07, 6.45) is -0.442. The molecule has 0 bridgehead atoms. The number of nitro groups is 1. The van der Waals surface area contributed by atoms with Crippen molar-refractivity contribution in [3.63, 3.8) is 0 Å². The first-order valence-electron chi connectivity index (χ1n) is 5.86. The highest BCUT2D eigenvalue weighted by molar-refractivity contribution is 7.89. The summed E-state index contributed by atoms with van der Waals surface area (Å²) >= 11 is 0. The summed E-state index contributed by atoms with van der Waals surface area (Å²) < 4.78 is 39.2. The third-order valence-electron chi connectivity index (χ3n) is 3.19. The van der Waals surface area contributed by atoms with Gasteiger partial charge in [-0.05, 0) is 25.0 Å². The Balaban J connectivity index is 2.51. The van der Waals surface area contributed by atoms with Crippen LogP contribution in [0.4, 0.5) is 10.1 Å². The third kappa shape index (κ3) is 2.51. The maximum Gasteiger partial charge on any atom is 0.306 e. The van der Waals surface area contributed by atoms with E-state index in [4.69, 9.17) is 0 Å². The van der Waals surface area contributed by atoms with Gasteiger partial charge in [-0.3, -0.25) is 10.1 Å². The number of hydrogen-bond donors (Lipinski definition) is 1. The molecule has 20 heavy (non-hydrogen) atoms. The summed E-state index contributed by atoms with van der Waals surface area (Å²) in [5, 5.41) is 20.1. The number of sulfonamides is 1. The number of β-amino-alcohol motifs (C(OH)–C–C–N with tert-alkyl or cyclic N) is 1. The van der Waals surface area contributed by atoms with Crippen molar-refractivity contribution in [2.45, 2.75) is 24.3 Å². The lowest BCUT2D eigenvalue weighted by Gasteiger charge is -2.17. The van der Waals surface area contributed by atoms with Crippen molar-refractivity contribution in [1.82, 2.24) is 4.31 Å². The summed E-state index contributed by atoms with van der Waals surface area (Å²) in [5.74, 6) is -1.08. The highest BCUT2D eigenvalue weighted by Gasteiger charge is 2.34. The van der Waals surface area contributed by atoms with Crippen molar-refractivity contribution in [3.05, 3.63) is 33.6 Å². The molecule has 1 N–H and O–H groups in total. The fraction of sp³-hybridized carbons (Fsp3) is 0.455. The van der Waals surface area contributed by atoms with Gasteiger partial charge in [0.25, 0.3) is 0 Å². The topological polar surface area (TPSA) is 101 Å². The van der Waals surface area contributed by atoms with Crippen LogP contribution in [0.25, 0.3) is 0 Å². The Hall–Kier alpha value is -1.58. The molecule has 0 amide bonds. The first-order valence-corrected chi connectivity index (χ1v) is 7.30. The van der Waals surface area contributed by atoms with Crippen LogP contribution >= 0.6 is 0 Å². The molecule has 0 saturated carbocycles. The van der Waals surface area contributed by atoms with Gasteiger partial charge in [0.15, 0.2) is 0 Å². The summed E-state index contributed by atoms with van der Waals surface area (Å²) in [5.41, 5.74) is -0.789. The quantitative estimate of drug-likeness (QED) is 0.657. The van der Waals surface area contributed by atoms with E-state index in [1.165, 1.54) is 6.92 Å². The lowest BCUT2D eigenvalue weighted by atomic mass is 10.2. The van der Waals surface area contributed by atoms with Crippen LogP contribution in [0.15, 0.2) is 17.0 Å². The van der Waals surface area contributed by atoms with E-state index in [0.717, 1.165) is 16.4 Å². The van der Waals surface area contributed by atoms with Gasteiger partial charge in [-0.2, -0.15) is 8.70 Å². The fourth-order valence-electron chi connectivity index (χ4n) is 2.13. The van der Waals surface area contributed by atoms with Crippen molar-refractivity contribution in [1.29, 1.82) is 0 Å². The molecule has 1 aliphatic rings. The van der Waals surface area contributed by atoms with E-state index >= 15 is 0 Å². The summed E-state index contributed by atoms with van der Waals surface area (Å²) in [4.78, 5) is 9.43. The number of nitro benzene ring substituents is 1. The van der Waals surface area contributed by atoms with Crippen LogP contribution in [0.5, 0.6) is 0 Å². The van der Waals surface area contributed by atoms with Gasteiger partial charge in [0.05, 0.1) is 15.9 Å². The fourth-order valence-corrected chi connectivity index (χ4v) is 3.85. The van der Waals surface area contributed by atoms with Crippen molar-refractivity contribution in [2.75, 3.05) is 13.1 Å². The average Bonchev–Trinajstić information content (AvgIpc) is 2.75. The first-order chi connectivity index (χ1) is 9.23. The van der Waals surface area contributed by atoms with E-state index in [9.17, 15) is 28.0 Å². The molecular weight excluding hydrogens is 291 g/mol. The number of aryl methyl sites for hydroxylation is 1. The van der Waals surface area contributed by atoms with Crippen LogP contribution in [0.2, 0.25) is 0 Å². The maximum atomic E-state index is 13.4. The van der Waals surface area contributed by atoms with E-state index in [-0.39, 0.29) is 23.5 Å². The molecule has 1 aliphatic heterocycles. The average molecular weight is 304 g/mol. The second-order valence-corrected chi connectivity index (χ2v) is 6.54. The van der Waals surface area contributed by atoms with E-state index in [1.807, 2.05) is 0 Å². The van der Waals surface area contributed by atoms with Crippen LogP contribution in [-0.2, 0) is 10.0 Å². The highest BCUT2D eigenvalue weighted by atomic mass is 32.2. The summed E-state index contributed by atoms with van der Waals surface area (Å²) in [7, 11) is -3.97. The lowest BCUT2D eigenvalue weighted by Crippen LogP contribution is -2.30. The van der Waals surface area contributed by atoms with Gasteiger partial charge in [-0.1, -0.05) is 0 Å². The molecule has 0 spiro atoms. The van der Waals surface area contributed by atoms with Crippen molar-refractivity contribution >= 4 is 15.7 Å². The molecule has 1 heterocycles. The summed E-state index contributed by atoms with van der Waals surface area (Å²) in [6, 6.07) is 1.56. The zero-order chi connectivity index (χ0) is 15.1. The smallest absolute Gasteiger partial charge is 0.306 e. The minimum atomic E-state index is -3.97. The normalized spacial score (nSPS) is 20.2. The zero-order valence-electron chi connectivity index (χ0n) is 10.6. The number of rotatable bonds is 3. The lowest BCUT2D eigenvalue weighted by molar-refractivity contribution is -0.387. The van der Waals surface area contributed by atoms with Crippen molar-refractivity contribution < 1.29 is 22.8 Å². The first kappa shape index (κ1) is 14.8. The second-order valence-electron chi connectivity index (χ2n) is 4.63. The molecule has 0 aliphatic carbocycles. The van der Waals surface area contributed by atoms with Crippen LogP contribution in [0.3, 0.4) is 0 Å². The number of nitrogens with zero attached hydrogens (tertiary/aromatic N) is 2. The molecule has 110 valence electrons. The van der Waals surface area contributed by atoms with Crippen LogP contribution in [0.1, 0.15) is 12.0 Å². The number of aliphatic hydroxyl groups is 1. The van der Waals surface area contributed by atoms with Crippen molar-refractivity contribution in [3.8, 4) is 0 Å². The minimum Gasteiger partial charge on any atom is -0.392 e. The van der Waals surface area contributed by atoms with Crippen LogP contribution < -0.4 is 0 Å². The molecule has 1 saturated heterocycles. The van der Waals surface area contributed by atoms with E-state index in [1.54, 1.807) is 0 Å². The van der Waals surface area contributed by atoms with E-state index in [0.29, 0.717) is 6.42 Å². The Morgan fingerprint density at radius 1 is 1.50 bits per heavy atom. The molecule has 1 aromatic carbocycles. The van der Waals surface area contributed by atoms with Gasteiger partial charge >= 0.3 is 5.69 Å². The number of halogens is 1. The molecule has 9 heteroatoms. The Morgan fingerprint density at radius 2 is 2.15 bits per heavy atom. The molecule has 0 radical (unpaired) electrons. The molecule has 1 unspecified atom stereocenters. The van der Waals surface area contributed by atoms with Crippen molar-refractivity contribution in [2.24, 2.45) is 0 Å². The highest BCUT2D eigenvalue weighted by Crippen LogP contribution is 2.29. The predicted molar refractivity (Wildman–Crippen MR) is 67.2 cm³/mol.